The van der Waals surface area contributed by atoms with E-state index in [1.165, 1.54) is 15.8 Å². The van der Waals surface area contributed by atoms with Crippen LogP contribution < -0.4 is 10.2 Å². The number of aromatic nitrogens is 2. The molecule has 2 aromatic heterocycles. The van der Waals surface area contributed by atoms with Gasteiger partial charge in [-0.3, -0.25) is 0 Å². The van der Waals surface area contributed by atoms with Gasteiger partial charge in [-0.15, -0.1) is 11.3 Å². The molecule has 2 aliphatic rings. The highest BCUT2D eigenvalue weighted by Crippen LogP contribution is 2.40. The van der Waals surface area contributed by atoms with Crippen molar-refractivity contribution >= 4 is 49.1 Å². The molecule has 5 rings (SSSR count). The fourth-order valence-electron chi connectivity index (χ4n) is 3.56. The Bertz CT molecular complexity index is 861. The Kier molecular flexibility index (Phi) is 2.48. The average molecular weight is 317 g/mol. The summed E-state index contributed by atoms with van der Waals surface area (Å²) >= 11 is 7.90. The summed E-state index contributed by atoms with van der Waals surface area (Å²) in [4.78, 5) is 11.5. The van der Waals surface area contributed by atoms with Crippen LogP contribution in [0.25, 0.3) is 20.3 Å². The van der Waals surface area contributed by atoms with Gasteiger partial charge >= 0.3 is 0 Å². The van der Waals surface area contributed by atoms with Crippen LogP contribution in [0.5, 0.6) is 0 Å². The smallest absolute Gasteiger partial charge is 0.150 e. The SMILES string of the molecule is Clc1ccc2sc3c(N4C[C@@H]5C[C@H]4CN5)ncnc3c2c1. The van der Waals surface area contributed by atoms with Crippen LogP contribution in [-0.2, 0) is 0 Å². The second-order valence-electron chi connectivity index (χ2n) is 5.76. The Morgan fingerprint density at radius 3 is 3.10 bits per heavy atom. The van der Waals surface area contributed by atoms with Crippen molar-refractivity contribution in [1.29, 1.82) is 0 Å². The summed E-state index contributed by atoms with van der Waals surface area (Å²) in [6.45, 7) is 2.11. The van der Waals surface area contributed by atoms with E-state index < -0.39 is 0 Å². The van der Waals surface area contributed by atoms with Gasteiger partial charge in [0, 0.05) is 40.3 Å². The summed E-state index contributed by atoms with van der Waals surface area (Å²) in [6, 6.07) is 7.20. The van der Waals surface area contributed by atoms with Gasteiger partial charge in [-0.05, 0) is 24.6 Å². The van der Waals surface area contributed by atoms with E-state index in [1.807, 2.05) is 12.1 Å². The Hall–Kier alpha value is -1.43. The zero-order chi connectivity index (χ0) is 14.0. The van der Waals surface area contributed by atoms with E-state index in [2.05, 4.69) is 26.3 Å². The lowest BCUT2D eigenvalue weighted by atomic mass is 10.2. The number of hydrogen-bond acceptors (Lipinski definition) is 5. The second-order valence-corrected chi connectivity index (χ2v) is 7.25. The maximum atomic E-state index is 6.14. The summed E-state index contributed by atoms with van der Waals surface area (Å²) < 4.78 is 2.40. The Morgan fingerprint density at radius 2 is 2.29 bits per heavy atom. The van der Waals surface area contributed by atoms with Gasteiger partial charge in [0.15, 0.2) is 0 Å². The van der Waals surface area contributed by atoms with E-state index >= 15 is 0 Å². The Balaban J connectivity index is 1.75. The topological polar surface area (TPSA) is 41.0 Å². The number of rotatable bonds is 1. The molecule has 2 bridgehead atoms. The number of fused-ring (bicyclic) bond motifs is 5. The molecule has 4 heterocycles. The number of hydrogen-bond donors (Lipinski definition) is 1. The highest BCUT2D eigenvalue weighted by atomic mass is 35.5. The third kappa shape index (κ3) is 1.71. The predicted molar refractivity (Wildman–Crippen MR) is 87.5 cm³/mol. The molecule has 106 valence electrons. The van der Waals surface area contributed by atoms with Crippen LogP contribution in [0.1, 0.15) is 6.42 Å². The van der Waals surface area contributed by atoms with Crippen molar-refractivity contribution in [3.8, 4) is 0 Å². The second kappa shape index (κ2) is 4.29. The van der Waals surface area contributed by atoms with E-state index in [0.29, 0.717) is 12.1 Å². The molecular weight excluding hydrogens is 304 g/mol. The summed E-state index contributed by atoms with van der Waals surface area (Å²) in [6.07, 6.45) is 2.91. The van der Waals surface area contributed by atoms with E-state index in [4.69, 9.17) is 11.6 Å². The quantitative estimate of drug-likeness (QED) is 0.749. The summed E-state index contributed by atoms with van der Waals surface area (Å²) in [5.74, 6) is 1.09. The summed E-state index contributed by atoms with van der Waals surface area (Å²) in [5, 5.41) is 5.43. The Morgan fingerprint density at radius 1 is 1.33 bits per heavy atom. The molecule has 0 unspecified atom stereocenters. The van der Waals surface area contributed by atoms with Crippen molar-refractivity contribution in [2.45, 2.75) is 18.5 Å². The monoisotopic (exact) mass is 316 g/mol. The first-order valence-electron chi connectivity index (χ1n) is 7.12. The van der Waals surface area contributed by atoms with E-state index in [9.17, 15) is 0 Å². The lowest BCUT2D eigenvalue weighted by Gasteiger charge is -2.28. The number of anilines is 1. The number of nitrogens with zero attached hydrogens (tertiary/aromatic N) is 3. The Labute approximate surface area is 130 Å². The minimum Gasteiger partial charge on any atom is -0.349 e. The van der Waals surface area contributed by atoms with Crippen molar-refractivity contribution in [3.05, 3.63) is 29.5 Å². The van der Waals surface area contributed by atoms with Gasteiger partial charge in [-0.1, -0.05) is 11.6 Å². The molecule has 3 aromatic rings. The number of nitrogens with one attached hydrogen (secondary N) is 1. The highest BCUT2D eigenvalue weighted by Gasteiger charge is 2.39. The molecule has 6 heteroatoms. The molecule has 2 saturated heterocycles. The van der Waals surface area contributed by atoms with Crippen LogP contribution in [0.3, 0.4) is 0 Å². The molecule has 21 heavy (non-hydrogen) atoms. The molecule has 0 aliphatic carbocycles. The van der Waals surface area contributed by atoms with Gasteiger partial charge in [-0.25, -0.2) is 9.97 Å². The molecule has 2 aliphatic heterocycles. The fourth-order valence-corrected chi connectivity index (χ4v) is 4.88. The summed E-state index contributed by atoms with van der Waals surface area (Å²) in [7, 11) is 0. The fraction of sp³-hybridized carbons (Fsp3) is 0.333. The molecule has 0 saturated carbocycles. The lowest BCUT2D eigenvalue weighted by molar-refractivity contribution is 0.577. The maximum Gasteiger partial charge on any atom is 0.150 e. The van der Waals surface area contributed by atoms with Gasteiger partial charge in [0.1, 0.15) is 12.1 Å². The number of thiophene rings is 1. The number of benzene rings is 1. The van der Waals surface area contributed by atoms with Gasteiger partial charge < -0.3 is 10.2 Å². The molecular formula is C15H13ClN4S. The van der Waals surface area contributed by atoms with E-state index in [0.717, 1.165) is 34.8 Å². The molecule has 1 N–H and O–H groups in total. The van der Waals surface area contributed by atoms with Crippen molar-refractivity contribution in [1.82, 2.24) is 15.3 Å². The molecule has 4 nitrogen and oxygen atoms in total. The lowest BCUT2D eigenvalue weighted by Crippen LogP contribution is -2.44. The normalized spacial score (nSPS) is 24.5. The third-order valence-electron chi connectivity index (χ3n) is 4.52. The average Bonchev–Trinajstić information content (AvgIpc) is 3.19. The highest BCUT2D eigenvalue weighted by molar-refractivity contribution is 7.26. The number of piperazine rings is 1. The standard InChI is InChI=1S/C15H13ClN4S/c16-8-1-2-12-11(3-8)13-14(21-12)15(19-7-18-13)20-6-9-4-10(20)5-17-9/h1-3,7,9-10,17H,4-6H2/t9-,10-/m0/s1. The molecule has 0 radical (unpaired) electrons. The first kappa shape index (κ1) is 12.1. The zero-order valence-electron chi connectivity index (χ0n) is 11.2. The molecule has 2 fully saturated rings. The minimum absolute atomic E-state index is 0.571. The predicted octanol–water partition coefficient (Wildman–Crippen LogP) is 3.05. The van der Waals surface area contributed by atoms with E-state index in [-0.39, 0.29) is 0 Å². The number of halogens is 1. The maximum absolute atomic E-state index is 6.14. The van der Waals surface area contributed by atoms with Crippen molar-refractivity contribution < 1.29 is 0 Å². The molecule has 1 aromatic carbocycles. The summed E-state index contributed by atoms with van der Waals surface area (Å²) in [5.41, 5.74) is 1.03. The first-order chi connectivity index (χ1) is 10.3. The van der Waals surface area contributed by atoms with Gasteiger partial charge in [0.05, 0.1) is 10.2 Å². The molecule has 0 amide bonds. The van der Waals surface area contributed by atoms with Crippen LogP contribution in [0.2, 0.25) is 5.02 Å². The van der Waals surface area contributed by atoms with Gasteiger partial charge in [0.25, 0.3) is 0 Å². The van der Waals surface area contributed by atoms with Crippen molar-refractivity contribution in [2.75, 3.05) is 18.0 Å². The van der Waals surface area contributed by atoms with E-state index in [1.54, 1.807) is 17.7 Å². The zero-order valence-corrected chi connectivity index (χ0v) is 12.8. The first-order valence-corrected chi connectivity index (χ1v) is 8.32. The van der Waals surface area contributed by atoms with Crippen LogP contribution in [0.15, 0.2) is 24.5 Å². The molecule has 2 atom stereocenters. The van der Waals surface area contributed by atoms with Crippen LogP contribution in [0.4, 0.5) is 5.82 Å². The van der Waals surface area contributed by atoms with Gasteiger partial charge in [0.2, 0.25) is 0 Å². The van der Waals surface area contributed by atoms with Crippen LogP contribution in [-0.4, -0.2) is 35.1 Å². The van der Waals surface area contributed by atoms with Crippen molar-refractivity contribution in [3.63, 3.8) is 0 Å². The largest absolute Gasteiger partial charge is 0.349 e. The minimum atomic E-state index is 0.571. The molecule has 0 spiro atoms. The van der Waals surface area contributed by atoms with Gasteiger partial charge in [-0.2, -0.15) is 0 Å². The van der Waals surface area contributed by atoms with Crippen LogP contribution in [0, 0.1) is 0 Å². The third-order valence-corrected chi connectivity index (χ3v) is 5.91. The van der Waals surface area contributed by atoms with Crippen molar-refractivity contribution in [2.24, 2.45) is 0 Å². The van der Waals surface area contributed by atoms with Crippen LogP contribution >= 0.6 is 22.9 Å².